The molecule has 0 aromatic heterocycles. The number of nitrogens with zero attached hydrogens (tertiary/aromatic N) is 1. The molecule has 7 heteroatoms. The van der Waals surface area contributed by atoms with E-state index in [0.29, 0.717) is 22.6 Å². The van der Waals surface area contributed by atoms with Gasteiger partial charge in [-0.1, -0.05) is 54.6 Å². The van der Waals surface area contributed by atoms with Crippen LogP contribution in [0.1, 0.15) is 22.3 Å². The topological polar surface area (TPSA) is 75.7 Å². The fourth-order valence-corrected chi connectivity index (χ4v) is 4.22. The number of benzene rings is 4. The zero-order valence-corrected chi connectivity index (χ0v) is 20.2. The summed E-state index contributed by atoms with van der Waals surface area (Å²) in [6.45, 7) is 3.76. The molecule has 0 saturated carbocycles. The molecule has 0 atom stereocenters. The minimum Gasteiger partial charge on any atom is -0.488 e. The number of nitrogens with one attached hydrogen (secondary N) is 1. The maximum absolute atomic E-state index is 14.2. The lowest BCUT2D eigenvalue weighted by Gasteiger charge is -2.27. The molecule has 0 radical (unpaired) electrons. The number of halogens is 1. The molecule has 0 aliphatic carbocycles. The Labute approximate surface area is 213 Å². The van der Waals surface area contributed by atoms with E-state index in [1.165, 1.54) is 12.1 Å². The second-order valence-corrected chi connectivity index (χ2v) is 8.81. The highest BCUT2D eigenvalue weighted by atomic mass is 19.1. The van der Waals surface area contributed by atoms with Gasteiger partial charge in [0.2, 0.25) is 0 Å². The molecule has 0 spiro atoms. The highest BCUT2D eigenvalue weighted by molar-refractivity contribution is 6.39. The zero-order chi connectivity index (χ0) is 26.1. The average Bonchev–Trinajstić information content (AvgIpc) is 2.88. The van der Waals surface area contributed by atoms with Gasteiger partial charge in [0.05, 0.1) is 5.69 Å². The summed E-state index contributed by atoms with van der Waals surface area (Å²) in [6.07, 6.45) is 1.43. The maximum atomic E-state index is 14.2. The molecule has 1 saturated heterocycles. The third-order valence-corrected chi connectivity index (χ3v) is 6.41. The lowest BCUT2D eigenvalue weighted by atomic mass is 9.99. The number of ether oxygens (including phenoxy) is 1. The van der Waals surface area contributed by atoms with E-state index in [9.17, 15) is 18.8 Å². The number of anilines is 1. The van der Waals surface area contributed by atoms with Crippen molar-refractivity contribution in [2.75, 3.05) is 4.90 Å². The molecule has 6 nitrogen and oxygen atoms in total. The van der Waals surface area contributed by atoms with Crippen LogP contribution in [0, 0.1) is 19.7 Å². The molecule has 1 fully saturated rings. The van der Waals surface area contributed by atoms with E-state index in [2.05, 4.69) is 5.32 Å². The van der Waals surface area contributed by atoms with Gasteiger partial charge >= 0.3 is 6.03 Å². The van der Waals surface area contributed by atoms with Crippen LogP contribution >= 0.6 is 0 Å². The number of fused-ring (bicyclic) bond motifs is 1. The summed E-state index contributed by atoms with van der Waals surface area (Å²) in [4.78, 5) is 40.0. The highest BCUT2D eigenvalue weighted by Gasteiger charge is 2.37. The van der Waals surface area contributed by atoms with E-state index in [4.69, 9.17) is 4.74 Å². The minimum atomic E-state index is -0.815. The molecule has 1 aliphatic rings. The van der Waals surface area contributed by atoms with Gasteiger partial charge in [0, 0.05) is 11.1 Å². The van der Waals surface area contributed by atoms with Gasteiger partial charge in [-0.25, -0.2) is 14.1 Å². The van der Waals surface area contributed by atoms with E-state index in [0.717, 1.165) is 26.8 Å². The lowest BCUT2D eigenvalue weighted by molar-refractivity contribution is -0.122. The first-order chi connectivity index (χ1) is 17.8. The number of amides is 4. The first kappa shape index (κ1) is 23.9. The number of barbiturate groups is 1. The molecule has 1 heterocycles. The van der Waals surface area contributed by atoms with Gasteiger partial charge in [0.15, 0.2) is 0 Å². The summed E-state index contributed by atoms with van der Waals surface area (Å²) in [5, 5.41) is 3.86. The number of hydrogen-bond acceptors (Lipinski definition) is 4. The Morgan fingerprint density at radius 2 is 1.65 bits per heavy atom. The number of carbonyl (C=O) groups is 3. The van der Waals surface area contributed by atoms with Crippen LogP contribution in [0.3, 0.4) is 0 Å². The fraction of sp³-hybridized carbons (Fsp3) is 0.100. The normalized spacial score (nSPS) is 14.8. The van der Waals surface area contributed by atoms with Crippen molar-refractivity contribution in [2.45, 2.75) is 20.5 Å². The molecular formula is C30H23FN2O4. The molecule has 184 valence electrons. The average molecular weight is 495 g/mol. The largest absolute Gasteiger partial charge is 0.488 e. The van der Waals surface area contributed by atoms with Crippen molar-refractivity contribution in [2.24, 2.45) is 0 Å². The van der Waals surface area contributed by atoms with Crippen LogP contribution in [0.25, 0.3) is 16.8 Å². The fourth-order valence-electron chi connectivity index (χ4n) is 4.22. The molecule has 4 amide bonds. The summed E-state index contributed by atoms with van der Waals surface area (Å²) in [6, 6.07) is 21.7. The smallest absolute Gasteiger partial charge is 0.335 e. The van der Waals surface area contributed by atoms with Gasteiger partial charge in [-0.05, 0) is 66.1 Å². The van der Waals surface area contributed by atoms with Crippen molar-refractivity contribution in [3.63, 3.8) is 0 Å². The third-order valence-electron chi connectivity index (χ3n) is 6.41. The van der Waals surface area contributed by atoms with Crippen LogP contribution in [0.2, 0.25) is 0 Å². The highest BCUT2D eigenvalue weighted by Crippen LogP contribution is 2.32. The summed E-state index contributed by atoms with van der Waals surface area (Å²) in [5.74, 6) is -1.58. The third kappa shape index (κ3) is 4.59. The second kappa shape index (κ2) is 9.70. The Kier molecular flexibility index (Phi) is 6.27. The van der Waals surface area contributed by atoms with E-state index < -0.39 is 23.7 Å². The molecule has 1 N–H and O–H groups in total. The standard InChI is InChI=1S/C30H23FN2O4/c1-18-11-13-22(15-19(18)2)33-29(35)25(28(34)32-30(33)36)16-24-23-9-5-3-7-20(23)12-14-27(24)37-17-21-8-4-6-10-26(21)31/h3-16H,17H2,1-2H3,(H,32,34,36)/b25-16+. The summed E-state index contributed by atoms with van der Waals surface area (Å²) in [7, 11) is 0. The van der Waals surface area contributed by atoms with Gasteiger partial charge in [-0.3, -0.25) is 14.9 Å². The van der Waals surface area contributed by atoms with Gasteiger partial charge in [0.25, 0.3) is 11.8 Å². The lowest BCUT2D eigenvalue weighted by Crippen LogP contribution is -2.54. The predicted octanol–water partition coefficient (Wildman–Crippen LogP) is 5.84. The number of rotatable bonds is 5. The summed E-state index contributed by atoms with van der Waals surface area (Å²) in [5.41, 5.74) is 2.89. The Bertz CT molecular complexity index is 1610. The van der Waals surface area contributed by atoms with Crippen LogP contribution in [-0.2, 0) is 16.2 Å². The van der Waals surface area contributed by atoms with Crippen LogP contribution < -0.4 is 15.0 Å². The van der Waals surface area contributed by atoms with Crippen molar-refractivity contribution >= 4 is 40.4 Å². The van der Waals surface area contributed by atoms with Crippen LogP contribution in [-0.4, -0.2) is 17.8 Å². The monoisotopic (exact) mass is 494 g/mol. The van der Waals surface area contributed by atoms with Crippen molar-refractivity contribution in [3.8, 4) is 5.75 Å². The molecule has 4 aromatic rings. The Hall–Kier alpha value is -4.78. The number of hydrogen-bond donors (Lipinski definition) is 1. The number of imide groups is 2. The summed E-state index contributed by atoms with van der Waals surface area (Å²) < 4.78 is 20.2. The molecule has 1 aliphatic heterocycles. The van der Waals surface area contributed by atoms with Gasteiger partial charge in [-0.15, -0.1) is 0 Å². The number of aryl methyl sites for hydroxylation is 2. The van der Waals surface area contributed by atoms with Crippen molar-refractivity contribution in [1.29, 1.82) is 0 Å². The van der Waals surface area contributed by atoms with E-state index in [1.54, 1.807) is 36.4 Å². The molecule has 4 aromatic carbocycles. The molecule has 0 bridgehead atoms. The van der Waals surface area contributed by atoms with Crippen molar-refractivity contribution in [3.05, 3.63) is 113 Å². The first-order valence-electron chi connectivity index (χ1n) is 11.7. The Morgan fingerprint density at radius 3 is 2.43 bits per heavy atom. The number of carbonyl (C=O) groups excluding carboxylic acids is 3. The van der Waals surface area contributed by atoms with Crippen LogP contribution in [0.4, 0.5) is 14.9 Å². The van der Waals surface area contributed by atoms with E-state index in [-0.39, 0.29) is 12.2 Å². The number of urea groups is 1. The van der Waals surface area contributed by atoms with E-state index in [1.807, 2.05) is 50.2 Å². The SMILES string of the molecule is Cc1ccc(N2C(=O)NC(=O)/C(=C\c3c(OCc4ccccc4F)ccc4ccccc34)C2=O)cc1C. The van der Waals surface area contributed by atoms with E-state index >= 15 is 0 Å². The Morgan fingerprint density at radius 1 is 0.892 bits per heavy atom. The molecule has 0 unspecified atom stereocenters. The zero-order valence-electron chi connectivity index (χ0n) is 20.2. The van der Waals surface area contributed by atoms with Gasteiger partial charge < -0.3 is 4.74 Å². The molecular weight excluding hydrogens is 471 g/mol. The minimum absolute atomic E-state index is 0.0470. The van der Waals surface area contributed by atoms with Gasteiger partial charge in [0.1, 0.15) is 23.7 Å². The molecule has 5 rings (SSSR count). The second-order valence-electron chi connectivity index (χ2n) is 8.81. The van der Waals surface area contributed by atoms with Crippen molar-refractivity contribution in [1.82, 2.24) is 5.32 Å². The quantitative estimate of drug-likeness (QED) is 0.279. The molecule has 37 heavy (non-hydrogen) atoms. The summed E-state index contributed by atoms with van der Waals surface area (Å²) >= 11 is 0. The van der Waals surface area contributed by atoms with Gasteiger partial charge in [-0.2, -0.15) is 0 Å². The predicted molar refractivity (Wildman–Crippen MR) is 140 cm³/mol. The van der Waals surface area contributed by atoms with Crippen LogP contribution in [0.15, 0.2) is 84.4 Å². The Balaban J connectivity index is 1.59. The maximum Gasteiger partial charge on any atom is 0.335 e. The van der Waals surface area contributed by atoms with Crippen molar-refractivity contribution < 1.29 is 23.5 Å². The first-order valence-corrected chi connectivity index (χ1v) is 11.7. The van der Waals surface area contributed by atoms with Crippen LogP contribution in [0.5, 0.6) is 5.75 Å².